The Kier molecular flexibility index (Phi) is 14.1. The van der Waals surface area contributed by atoms with E-state index in [0.717, 1.165) is 42.8 Å². The second kappa shape index (κ2) is 15.2. The van der Waals surface area contributed by atoms with Gasteiger partial charge in [0, 0.05) is 19.7 Å². The molecule has 0 unspecified atom stereocenters. The number of aliphatic hydroxyl groups excluding tert-OH is 1. The van der Waals surface area contributed by atoms with Gasteiger partial charge < -0.3 is 24.7 Å². The number of rotatable bonds is 8. The lowest BCUT2D eigenvalue weighted by atomic mass is 10.2. The fourth-order valence-electron chi connectivity index (χ4n) is 2.12. The van der Waals surface area contributed by atoms with Crippen LogP contribution in [0.2, 0.25) is 5.02 Å². The van der Waals surface area contributed by atoms with Crippen LogP contribution in [0.5, 0.6) is 17.2 Å². The summed E-state index contributed by atoms with van der Waals surface area (Å²) in [5.41, 5.74) is 0.984. The Balaban J connectivity index is 0.00000158. The lowest BCUT2D eigenvalue weighted by Gasteiger charge is -2.17. The van der Waals surface area contributed by atoms with Crippen molar-refractivity contribution in [2.75, 3.05) is 32.3 Å². The highest BCUT2D eigenvalue weighted by Gasteiger charge is 2.13. The van der Waals surface area contributed by atoms with Crippen molar-refractivity contribution < 1.29 is 19.4 Å². The standard InChI is InChI=1S/C18H22ClNO2S.CH4O.CH2O/c1-4-5-11-20-15-7-6-8-17(23-3)18(15)22-16-10-9-13(21-2)12-14(16)19;2*1-2/h6-10,12,20H,4-5,11H2,1-3H3;2H,1H3;1H2. The molecule has 0 heterocycles. The van der Waals surface area contributed by atoms with E-state index in [4.69, 9.17) is 31.0 Å². The molecule has 2 aromatic rings. The van der Waals surface area contributed by atoms with Gasteiger partial charge in [0.1, 0.15) is 18.3 Å². The molecule has 0 radical (unpaired) electrons. The van der Waals surface area contributed by atoms with Gasteiger partial charge >= 0.3 is 0 Å². The van der Waals surface area contributed by atoms with E-state index >= 15 is 0 Å². The maximum Gasteiger partial charge on any atom is 0.164 e. The maximum atomic E-state index is 8.00. The predicted molar refractivity (Wildman–Crippen MR) is 115 cm³/mol. The third-order valence-corrected chi connectivity index (χ3v) is 4.45. The van der Waals surface area contributed by atoms with Crippen LogP contribution in [0.25, 0.3) is 0 Å². The van der Waals surface area contributed by atoms with E-state index in [9.17, 15) is 0 Å². The molecular weight excluding hydrogens is 386 g/mol. The van der Waals surface area contributed by atoms with Gasteiger partial charge in [-0.2, -0.15) is 0 Å². The summed E-state index contributed by atoms with van der Waals surface area (Å²) in [6, 6.07) is 11.5. The SMILES string of the molecule is C=O.CCCCNc1cccc(SC)c1Oc1ccc(OC)cc1Cl.CO. The van der Waals surface area contributed by atoms with E-state index in [1.54, 1.807) is 24.9 Å². The zero-order valence-corrected chi connectivity index (χ0v) is 17.8. The van der Waals surface area contributed by atoms with Gasteiger partial charge in [-0.3, -0.25) is 0 Å². The van der Waals surface area contributed by atoms with Crippen LogP contribution < -0.4 is 14.8 Å². The number of nitrogens with one attached hydrogen (secondary N) is 1. The second-order valence-electron chi connectivity index (χ2n) is 5.02. The molecule has 0 aliphatic carbocycles. The van der Waals surface area contributed by atoms with Gasteiger partial charge in [-0.25, -0.2) is 0 Å². The maximum absolute atomic E-state index is 8.00. The minimum Gasteiger partial charge on any atom is -0.497 e. The van der Waals surface area contributed by atoms with Crippen LogP contribution >= 0.6 is 23.4 Å². The summed E-state index contributed by atoms with van der Waals surface area (Å²) in [6.45, 7) is 5.09. The number of methoxy groups -OCH3 is 1. The molecule has 0 atom stereocenters. The molecule has 5 nitrogen and oxygen atoms in total. The number of hydrogen-bond donors (Lipinski definition) is 2. The number of hydrogen-bond acceptors (Lipinski definition) is 6. The fourth-order valence-corrected chi connectivity index (χ4v) is 2.88. The summed E-state index contributed by atoms with van der Waals surface area (Å²) >= 11 is 7.95. The van der Waals surface area contributed by atoms with Gasteiger partial charge in [0.2, 0.25) is 0 Å². The Hall–Kier alpha value is -1.89. The summed E-state index contributed by atoms with van der Waals surface area (Å²) in [7, 11) is 2.62. The fraction of sp³-hybridized carbons (Fsp3) is 0.350. The van der Waals surface area contributed by atoms with E-state index < -0.39 is 0 Å². The predicted octanol–water partition coefficient (Wildman–Crippen LogP) is 5.50. The Morgan fingerprint density at radius 1 is 1.22 bits per heavy atom. The van der Waals surface area contributed by atoms with Crippen LogP contribution in [-0.2, 0) is 4.79 Å². The van der Waals surface area contributed by atoms with Crippen molar-refractivity contribution in [3.63, 3.8) is 0 Å². The first-order chi connectivity index (χ1) is 13.2. The minimum absolute atomic E-state index is 0.528. The first-order valence-corrected chi connectivity index (χ1v) is 9.95. The zero-order valence-electron chi connectivity index (χ0n) is 16.3. The van der Waals surface area contributed by atoms with Gasteiger partial charge in [0.25, 0.3) is 0 Å². The Morgan fingerprint density at radius 2 is 1.93 bits per heavy atom. The first kappa shape index (κ1) is 25.1. The summed E-state index contributed by atoms with van der Waals surface area (Å²) in [6.07, 6.45) is 4.30. The van der Waals surface area contributed by atoms with Crippen LogP contribution in [0.15, 0.2) is 41.3 Å². The van der Waals surface area contributed by atoms with Crippen LogP contribution in [0.3, 0.4) is 0 Å². The summed E-state index contributed by atoms with van der Waals surface area (Å²) in [5.74, 6) is 2.14. The second-order valence-corrected chi connectivity index (χ2v) is 6.27. The zero-order chi connectivity index (χ0) is 20.7. The van der Waals surface area contributed by atoms with Gasteiger partial charge in [-0.1, -0.05) is 31.0 Å². The van der Waals surface area contributed by atoms with E-state index in [2.05, 4.69) is 12.2 Å². The number of unbranched alkanes of at least 4 members (excludes halogenated alkanes) is 1. The monoisotopic (exact) mass is 413 g/mol. The topological polar surface area (TPSA) is 67.8 Å². The van der Waals surface area contributed by atoms with Crippen molar-refractivity contribution in [1.29, 1.82) is 0 Å². The molecule has 27 heavy (non-hydrogen) atoms. The quantitative estimate of drug-likeness (QED) is 0.440. The summed E-state index contributed by atoms with van der Waals surface area (Å²) < 4.78 is 11.3. The van der Waals surface area contributed by atoms with E-state index in [0.29, 0.717) is 16.5 Å². The lowest BCUT2D eigenvalue weighted by Crippen LogP contribution is -2.03. The van der Waals surface area contributed by atoms with Crippen molar-refractivity contribution >= 4 is 35.8 Å². The third-order valence-electron chi connectivity index (χ3n) is 3.40. The highest BCUT2D eigenvalue weighted by atomic mass is 35.5. The smallest absolute Gasteiger partial charge is 0.164 e. The molecular formula is C20H28ClNO4S. The average molecular weight is 414 g/mol. The molecule has 0 aromatic heterocycles. The highest BCUT2D eigenvalue weighted by Crippen LogP contribution is 2.41. The van der Waals surface area contributed by atoms with Crippen molar-refractivity contribution in [2.45, 2.75) is 24.7 Å². The van der Waals surface area contributed by atoms with Crippen LogP contribution in [0, 0.1) is 0 Å². The Labute approximate surface area is 171 Å². The Morgan fingerprint density at radius 3 is 2.48 bits per heavy atom. The van der Waals surface area contributed by atoms with Crippen molar-refractivity contribution in [2.24, 2.45) is 0 Å². The molecule has 0 saturated carbocycles. The number of thioether (sulfide) groups is 1. The molecule has 2 rings (SSSR count). The van der Waals surface area contributed by atoms with Crippen molar-refractivity contribution in [3.8, 4) is 17.2 Å². The van der Waals surface area contributed by atoms with Crippen molar-refractivity contribution in [3.05, 3.63) is 41.4 Å². The van der Waals surface area contributed by atoms with E-state index in [1.165, 1.54) is 0 Å². The number of halogens is 1. The number of para-hydroxylation sites is 1. The average Bonchev–Trinajstić information content (AvgIpc) is 2.73. The highest BCUT2D eigenvalue weighted by molar-refractivity contribution is 7.98. The van der Waals surface area contributed by atoms with Gasteiger partial charge in [0.05, 0.1) is 22.7 Å². The van der Waals surface area contributed by atoms with Gasteiger partial charge in [-0.05, 0) is 36.9 Å². The summed E-state index contributed by atoms with van der Waals surface area (Å²) in [5, 5.41) is 11.0. The first-order valence-electron chi connectivity index (χ1n) is 8.35. The molecule has 2 N–H and O–H groups in total. The van der Waals surface area contributed by atoms with E-state index in [1.807, 2.05) is 43.4 Å². The normalized spacial score (nSPS) is 9.26. The molecule has 0 bridgehead atoms. The minimum atomic E-state index is 0.528. The molecule has 0 aliphatic rings. The number of aliphatic hydroxyl groups is 1. The van der Waals surface area contributed by atoms with E-state index in [-0.39, 0.29) is 0 Å². The van der Waals surface area contributed by atoms with Gasteiger partial charge in [0.15, 0.2) is 5.75 Å². The van der Waals surface area contributed by atoms with Crippen LogP contribution in [-0.4, -0.2) is 38.9 Å². The number of anilines is 1. The van der Waals surface area contributed by atoms with Crippen molar-refractivity contribution in [1.82, 2.24) is 0 Å². The molecule has 0 aliphatic heterocycles. The van der Waals surface area contributed by atoms with Crippen LogP contribution in [0.4, 0.5) is 5.69 Å². The van der Waals surface area contributed by atoms with Crippen LogP contribution in [0.1, 0.15) is 19.8 Å². The molecule has 0 fully saturated rings. The number of ether oxygens (including phenoxy) is 2. The largest absolute Gasteiger partial charge is 0.497 e. The Bertz CT molecular complexity index is 670. The molecule has 2 aromatic carbocycles. The molecule has 7 heteroatoms. The molecule has 0 saturated heterocycles. The molecule has 0 spiro atoms. The molecule has 0 amide bonds. The number of carbonyl (C=O) groups is 1. The lowest BCUT2D eigenvalue weighted by molar-refractivity contribution is -0.0979. The number of benzene rings is 2. The molecule has 150 valence electrons. The van der Waals surface area contributed by atoms with Gasteiger partial charge in [-0.15, -0.1) is 11.8 Å². The summed E-state index contributed by atoms with van der Waals surface area (Å²) in [4.78, 5) is 9.07. The third kappa shape index (κ3) is 8.12. The number of carbonyl (C=O) groups excluding carboxylic acids is 1.